The van der Waals surface area contributed by atoms with E-state index in [1.165, 1.54) is 0 Å². The van der Waals surface area contributed by atoms with Crippen LogP contribution in [0.1, 0.15) is 45.4 Å². The van der Waals surface area contributed by atoms with Crippen molar-refractivity contribution in [1.29, 1.82) is 0 Å². The summed E-state index contributed by atoms with van der Waals surface area (Å²) in [6.07, 6.45) is 4.56. The van der Waals surface area contributed by atoms with Gasteiger partial charge in [0.05, 0.1) is 12.0 Å². The summed E-state index contributed by atoms with van der Waals surface area (Å²) in [5, 5.41) is 14.5. The Balaban J connectivity index is 1.86. The number of nitrogens with one attached hydrogen (secondary N) is 2. The molecule has 0 radical (unpaired) electrons. The van der Waals surface area contributed by atoms with Crippen LogP contribution in [0.3, 0.4) is 0 Å². The van der Waals surface area contributed by atoms with E-state index in [1.54, 1.807) is 0 Å². The lowest BCUT2D eigenvalue weighted by Gasteiger charge is -2.41. The molecule has 0 aromatic rings. The van der Waals surface area contributed by atoms with E-state index < -0.39 is 11.5 Å². The highest BCUT2D eigenvalue weighted by Crippen LogP contribution is 2.36. The van der Waals surface area contributed by atoms with Gasteiger partial charge in [-0.25, -0.2) is 4.79 Å². The number of aliphatic carboxylic acids is 1. The van der Waals surface area contributed by atoms with Crippen LogP contribution < -0.4 is 10.6 Å². The Labute approximate surface area is 94.6 Å². The molecule has 0 aromatic carbocycles. The van der Waals surface area contributed by atoms with E-state index in [9.17, 15) is 9.59 Å². The lowest BCUT2D eigenvalue weighted by Crippen LogP contribution is -2.58. The summed E-state index contributed by atoms with van der Waals surface area (Å²) >= 11 is 0. The van der Waals surface area contributed by atoms with Gasteiger partial charge in [-0.15, -0.1) is 0 Å². The van der Waals surface area contributed by atoms with Crippen molar-refractivity contribution >= 4 is 12.0 Å². The molecule has 2 saturated carbocycles. The molecule has 0 saturated heterocycles. The molecule has 2 amide bonds. The second kappa shape index (κ2) is 3.64. The molecule has 0 aromatic heterocycles. The highest BCUT2D eigenvalue weighted by molar-refractivity contribution is 5.78. The van der Waals surface area contributed by atoms with Gasteiger partial charge in [0.2, 0.25) is 0 Å². The lowest BCUT2D eigenvalue weighted by molar-refractivity contribution is -0.139. The zero-order chi connectivity index (χ0) is 11.8. The Bertz CT molecular complexity index is 319. The first kappa shape index (κ1) is 11.2. The van der Waals surface area contributed by atoms with Gasteiger partial charge in [-0.3, -0.25) is 4.79 Å². The maximum absolute atomic E-state index is 11.7. The van der Waals surface area contributed by atoms with Crippen molar-refractivity contribution < 1.29 is 14.7 Å². The van der Waals surface area contributed by atoms with Crippen LogP contribution in [0.2, 0.25) is 0 Å². The normalized spacial score (nSPS) is 24.1. The van der Waals surface area contributed by atoms with E-state index in [1.807, 2.05) is 6.92 Å². The van der Waals surface area contributed by atoms with E-state index >= 15 is 0 Å². The van der Waals surface area contributed by atoms with Crippen molar-refractivity contribution in [3.05, 3.63) is 0 Å². The van der Waals surface area contributed by atoms with Crippen molar-refractivity contribution in [3.8, 4) is 0 Å². The molecular formula is C11H18N2O3. The third-order valence-electron chi connectivity index (χ3n) is 3.59. The Morgan fingerprint density at radius 3 is 2.19 bits per heavy atom. The lowest BCUT2D eigenvalue weighted by atomic mass is 9.74. The fourth-order valence-corrected chi connectivity index (χ4v) is 2.10. The third kappa shape index (κ3) is 2.46. The number of hydrogen-bond donors (Lipinski definition) is 3. The van der Waals surface area contributed by atoms with E-state index in [-0.39, 0.29) is 18.0 Å². The van der Waals surface area contributed by atoms with E-state index in [4.69, 9.17) is 5.11 Å². The highest BCUT2D eigenvalue weighted by atomic mass is 16.4. The van der Waals surface area contributed by atoms with Crippen LogP contribution >= 0.6 is 0 Å². The number of carbonyl (C=O) groups is 2. The van der Waals surface area contributed by atoms with E-state index in [0.29, 0.717) is 0 Å². The average molecular weight is 226 g/mol. The predicted octanol–water partition coefficient (Wildman–Crippen LogP) is 1.24. The molecule has 90 valence electrons. The second-order valence-electron chi connectivity index (χ2n) is 5.34. The number of carboxylic acids is 1. The first-order valence-corrected chi connectivity index (χ1v) is 5.75. The smallest absolute Gasteiger partial charge is 0.315 e. The molecule has 5 heteroatoms. The predicted molar refractivity (Wildman–Crippen MR) is 58.1 cm³/mol. The molecular weight excluding hydrogens is 208 g/mol. The first-order valence-electron chi connectivity index (χ1n) is 5.75. The van der Waals surface area contributed by atoms with Crippen LogP contribution in [0.25, 0.3) is 0 Å². The molecule has 2 fully saturated rings. The maximum atomic E-state index is 11.7. The fourth-order valence-electron chi connectivity index (χ4n) is 2.10. The van der Waals surface area contributed by atoms with Crippen molar-refractivity contribution in [2.45, 2.75) is 56.5 Å². The zero-order valence-electron chi connectivity index (χ0n) is 9.51. The number of hydrogen-bond acceptors (Lipinski definition) is 2. The van der Waals surface area contributed by atoms with Crippen LogP contribution in [-0.2, 0) is 4.79 Å². The van der Waals surface area contributed by atoms with Gasteiger partial charge >= 0.3 is 12.0 Å². The maximum Gasteiger partial charge on any atom is 0.315 e. The highest BCUT2D eigenvalue weighted by Gasteiger charge is 2.43. The van der Waals surface area contributed by atoms with E-state index in [2.05, 4.69) is 10.6 Å². The zero-order valence-corrected chi connectivity index (χ0v) is 9.51. The fraction of sp³-hybridized carbons (Fsp3) is 0.818. The monoisotopic (exact) mass is 226 g/mol. The summed E-state index contributed by atoms with van der Waals surface area (Å²) in [5.41, 5.74) is -0.556. The van der Waals surface area contributed by atoms with Crippen LogP contribution in [0.4, 0.5) is 4.79 Å². The Morgan fingerprint density at radius 1 is 1.19 bits per heavy atom. The summed E-state index contributed by atoms with van der Waals surface area (Å²) in [6, 6.07) is -0.221. The van der Waals surface area contributed by atoms with Gasteiger partial charge in [-0.05, 0) is 39.0 Å². The third-order valence-corrected chi connectivity index (χ3v) is 3.59. The summed E-state index contributed by atoms with van der Waals surface area (Å²) in [6.45, 7) is 2.00. The number of carboxylic acid groups (broad SMARTS) is 1. The molecule has 16 heavy (non-hydrogen) atoms. The van der Waals surface area contributed by atoms with Crippen molar-refractivity contribution in [1.82, 2.24) is 10.6 Å². The summed E-state index contributed by atoms with van der Waals surface area (Å²) in [7, 11) is 0. The molecule has 0 atom stereocenters. The van der Waals surface area contributed by atoms with Crippen molar-refractivity contribution in [2.75, 3.05) is 0 Å². The van der Waals surface area contributed by atoms with Gasteiger partial charge in [-0.2, -0.15) is 0 Å². The van der Waals surface area contributed by atoms with Gasteiger partial charge in [0.15, 0.2) is 0 Å². The average Bonchev–Trinajstić information content (AvgIpc) is 2.78. The number of carbonyl (C=O) groups excluding carboxylic acids is 1. The topological polar surface area (TPSA) is 78.4 Å². The number of amides is 2. The quantitative estimate of drug-likeness (QED) is 0.674. The Hall–Kier alpha value is -1.26. The van der Waals surface area contributed by atoms with Gasteiger partial charge in [0.25, 0.3) is 0 Å². The molecule has 2 rings (SSSR count). The first-order chi connectivity index (χ1) is 7.43. The van der Waals surface area contributed by atoms with E-state index in [0.717, 1.165) is 32.1 Å². The largest absolute Gasteiger partial charge is 0.481 e. The van der Waals surface area contributed by atoms with Crippen molar-refractivity contribution in [3.63, 3.8) is 0 Å². The molecule has 0 heterocycles. The van der Waals surface area contributed by atoms with Crippen molar-refractivity contribution in [2.24, 2.45) is 0 Å². The minimum absolute atomic E-state index is 0.0249. The minimum Gasteiger partial charge on any atom is -0.481 e. The Kier molecular flexibility index (Phi) is 2.56. The summed E-state index contributed by atoms with van der Waals surface area (Å²) < 4.78 is 0. The summed E-state index contributed by atoms with van der Waals surface area (Å²) in [5.74, 6) is -0.849. The molecule has 2 aliphatic rings. The molecule has 5 nitrogen and oxygen atoms in total. The standard InChI is InChI=1S/C11H18N2O3/c1-10(5-6-10)12-9(16)13-11(3-2-4-11)7-8(14)15/h2-7H2,1H3,(H,14,15)(H2,12,13,16). The SMILES string of the molecule is CC1(NC(=O)NC2(CC(=O)O)CCC2)CC1. The van der Waals surface area contributed by atoms with Crippen LogP contribution in [0.15, 0.2) is 0 Å². The molecule has 0 unspecified atom stereocenters. The van der Waals surface area contributed by atoms with Gasteiger partial charge in [0, 0.05) is 5.54 Å². The molecule has 3 N–H and O–H groups in total. The van der Waals surface area contributed by atoms with Crippen LogP contribution in [-0.4, -0.2) is 28.2 Å². The molecule has 2 aliphatic carbocycles. The number of rotatable bonds is 4. The van der Waals surface area contributed by atoms with Gasteiger partial charge < -0.3 is 15.7 Å². The molecule has 0 aliphatic heterocycles. The number of urea groups is 1. The van der Waals surface area contributed by atoms with Crippen LogP contribution in [0, 0.1) is 0 Å². The van der Waals surface area contributed by atoms with Crippen LogP contribution in [0.5, 0.6) is 0 Å². The minimum atomic E-state index is -0.849. The Morgan fingerprint density at radius 2 is 1.81 bits per heavy atom. The second-order valence-corrected chi connectivity index (χ2v) is 5.34. The van der Waals surface area contributed by atoms with Gasteiger partial charge in [0.1, 0.15) is 0 Å². The molecule has 0 bridgehead atoms. The molecule has 0 spiro atoms. The van der Waals surface area contributed by atoms with Gasteiger partial charge in [-0.1, -0.05) is 0 Å². The summed E-state index contributed by atoms with van der Waals surface area (Å²) in [4.78, 5) is 22.4.